The van der Waals surface area contributed by atoms with Crippen LogP contribution < -0.4 is 16.4 Å². The van der Waals surface area contributed by atoms with E-state index in [1.165, 1.54) is 0 Å². The molecule has 1 saturated carbocycles. The Morgan fingerprint density at radius 1 is 1.11 bits per heavy atom. The molecule has 1 aliphatic carbocycles. The second kappa shape index (κ2) is 7.03. The number of aromatic nitrogens is 2. The summed E-state index contributed by atoms with van der Waals surface area (Å²) in [6.07, 6.45) is 4.62. The summed E-state index contributed by atoms with van der Waals surface area (Å²) >= 11 is 0. The summed E-state index contributed by atoms with van der Waals surface area (Å²) in [5.41, 5.74) is 10.4. The molecule has 0 spiro atoms. The zero-order valence-corrected chi connectivity index (χ0v) is 15.1. The number of hydrazine groups is 2. The van der Waals surface area contributed by atoms with E-state index in [1.54, 1.807) is 0 Å². The average Bonchev–Trinajstić information content (AvgIpc) is 3.47. The van der Waals surface area contributed by atoms with E-state index < -0.39 is 0 Å². The third-order valence-electron chi connectivity index (χ3n) is 6.01. The van der Waals surface area contributed by atoms with Gasteiger partial charge in [-0.2, -0.15) is 10.5 Å². The second-order valence-corrected chi connectivity index (χ2v) is 7.65. The topological polar surface area (TPSA) is 95.3 Å². The Hall–Kier alpha value is -2.29. The predicted molar refractivity (Wildman–Crippen MR) is 97.7 cm³/mol. The van der Waals surface area contributed by atoms with Crippen LogP contribution in [0.2, 0.25) is 0 Å². The molecular weight excluding hydrogens is 344 g/mol. The van der Waals surface area contributed by atoms with Gasteiger partial charge in [-0.25, -0.2) is 10.9 Å². The smallest absolute Gasteiger partial charge is 0.249 e. The summed E-state index contributed by atoms with van der Waals surface area (Å²) in [5.74, 6) is 1.41. The van der Waals surface area contributed by atoms with Gasteiger partial charge in [0.05, 0.1) is 0 Å². The van der Waals surface area contributed by atoms with Crippen LogP contribution in [0.3, 0.4) is 0 Å². The van der Waals surface area contributed by atoms with E-state index in [2.05, 4.69) is 26.5 Å². The van der Waals surface area contributed by atoms with Crippen molar-refractivity contribution in [2.75, 3.05) is 6.54 Å². The number of rotatable bonds is 3. The lowest BCUT2D eigenvalue weighted by molar-refractivity contribution is -0.138. The number of carbonyl (C=O) groups is 1. The molecule has 1 aromatic heterocycles. The zero-order valence-electron chi connectivity index (χ0n) is 15.1. The van der Waals surface area contributed by atoms with Crippen LogP contribution in [-0.2, 0) is 4.79 Å². The monoisotopic (exact) mass is 368 g/mol. The Morgan fingerprint density at radius 3 is 2.85 bits per heavy atom. The van der Waals surface area contributed by atoms with E-state index >= 15 is 0 Å². The van der Waals surface area contributed by atoms with Crippen LogP contribution in [0.5, 0.6) is 0 Å². The number of hydrogen-bond donors (Lipinski definition) is 3. The standard InChI is InChI=1S/C19H24N6O2/c26-19(13-8-9-14-15(11-13)22-24-21-14)25-10-4-7-16(25)18-20-17(23-27-18)12-5-2-1-3-6-12/h1-3,5-6,13-16,21-22,24H,4,7-11H2. The molecule has 0 radical (unpaired) electrons. The molecule has 3 aliphatic rings. The highest BCUT2D eigenvalue weighted by Crippen LogP contribution is 2.36. The molecule has 4 atom stereocenters. The molecule has 3 N–H and O–H groups in total. The van der Waals surface area contributed by atoms with Crippen molar-refractivity contribution in [1.29, 1.82) is 0 Å². The van der Waals surface area contributed by atoms with Crippen LogP contribution in [0, 0.1) is 5.92 Å². The average molecular weight is 368 g/mol. The van der Waals surface area contributed by atoms with E-state index in [4.69, 9.17) is 4.52 Å². The zero-order chi connectivity index (χ0) is 18.2. The minimum absolute atomic E-state index is 0.0533. The van der Waals surface area contributed by atoms with Gasteiger partial charge in [-0.05, 0) is 32.1 Å². The highest BCUT2D eigenvalue weighted by molar-refractivity contribution is 5.79. The van der Waals surface area contributed by atoms with Crippen molar-refractivity contribution < 1.29 is 9.32 Å². The molecule has 27 heavy (non-hydrogen) atoms. The van der Waals surface area contributed by atoms with Gasteiger partial charge in [0.2, 0.25) is 17.6 Å². The third-order valence-corrected chi connectivity index (χ3v) is 6.01. The van der Waals surface area contributed by atoms with Gasteiger partial charge in [-0.1, -0.05) is 35.5 Å². The number of nitrogens with zero attached hydrogens (tertiary/aromatic N) is 3. The SMILES string of the molecule is O=C(C1CCC2NNNC2C1)N1CCCC1c1nc(-c2ccccc2)no1. The molecule has 3 fully saturated rings. The van der Waals surface area contributed by atoms with Gasteiger partial charge in [0.15, 0.2) is 0 Å². The summed E-state index contributed by atoms with van der Waals surface area (Å²) in [5, 5.41) is 4.13. The van der Waals surface area contributed by atoms with Gasteiger partial charge in [0.25, 0.3) is 0 Å². The number of likely N-dealkylation sites (tertiary alicyclic amines) is 1. The van der Waals surface area contributed by atoms with Crippen molar-refractivity contribution in [3.8, 4) is 11.4 Å². The molecule has 8 heteroatoms. The second-order valence-electron chi connectivity index (χ2n) is 7.65. The molecule has 5 rings (SSSR count). The molecule has 8 nitrogen and oxygen atoms in total. The number of amides is 1. The van der Waals surface area contributed by atoms with E-state index in [9.17, 15) is 4.79 Å². The molecule has 1 aromatic carbocycles. The summed E-state index contributed by atoms with van der Waals surface area (Å²) in [6, 6.07) is 10.4. The van der Waals surface area contributed by atoms with Crippen LogP contribution in [0.4, 0.5) is 0 Å². The van der Waals surface area contributed by atoms with Gasteiger partial charge in [0.1, 0.15) is 6.04 Å². The first kappa shape index (κ1) is 16.9. The number of nitrogens with one attached hydrogen (secondary N) is 3. The van der Waals surface area contributed by atoms with E-state index in [-0.39, 0.29) is 17.9 Å². The fourth-order valence-electron chi connectivity index (χ4n) is 4.55. The van der Waals surface area contributed by atoms with E-state index in [1.807, 2.05) is 35.2 Å². The van der Waals surface area contributed by atoms with Crippen LogP contribution >= 0.6 is 0 Å². The Kier molecular flexibility index (Phi) is 4.39. The first-order valence-electron chi connectivity index (χ1n) is 9.75. The summed E-state index contributed by atoms with van der Waals surface area (Å²) < 4.78 is 5.55. The van der Waals surface area contributed by atoms with Crippen molar-refractivity contribution >= 4 is 5.91 Å². The first-order chi connectivity index (χ1) is 13.3. The van der Waals surface area contributed by atoms with Crippen molar-refractivity contribution in [3.05, 3.63) is 36.2 Å². The maximum absolute atomic E-state index is 13.2. The Labute approximate surface area is 157 Å². The largest absolute Gasteiger partial charge is 0.337 e. The van der Waals surface area contributed by atoms with Crippen LogP contribution in [-0.4, -0.2) is 39.6 Å². The van der Waals surface area contributed by atoms with Gasteiger partial charge in [-0.15, -0.1) is 0 Å². The lowest BCUT2D eigenvalue weighted by atomic mass is 9.82. The molecule has 4 unspecified atom stereocenters. The summed E-state index contributed by atoms with van der Waals surface area (Å²) in [4.78, 5) is 19.8. The minimum Gasteiger partial charge on any atom is -0.337 e. The summed E-state index contributed by atoms with van der Waals surface area (Å²) in [6.45, 7) is 0.765. The third kappa shape index (κ3) is 3.13. The highest BCUT2D eigenvalue weighted by Gasteiger charge is 2.41. The first-order valence-corrected chi connectivity index (χ1v) is 9.75. The fraction of sp³-hybridized carbons (Fsp3) is 0.526. The fourth-order valence-corrected chi connectivity index (χ4v) is 4.55. The van der Waals surface area contributed by atoms with Crippen molar-refractivity contribution in [2.24, 2.45) is 5.92 Å². The van der Waals surface area contributed by atoms with Crippen LogP contribution in [0.1, 0.15) is 44.0 Å². The Balaban J connectivity index is 1.32. The van der Waals surface area contributed by atoms with Crippen LogP contribution in [0.15, 0.2) is 34.9 Å². The number of hydrogen-bond acceptors (Lipinski definition) is 7. The van der Waals surface area contributed by atoms with Gasteiger partial charge >= 0.3 is 0 Å². The molecule has 2 aliphatic heterocycles. The van der Waals surface area contributed by atoms with E-state index in [0.717, 1.165) is 44.2 Å². The highest BCUT2D eigenvalue weighted by atomic mass is 16.5. The Bertz CT molecular complexity index is 810. The maximum atomic E-state index is 13.2. The minimum atomic E-state index is -0.104. The van der Waals surface area contributed by atoms with E-state index in [0.29, 0.717) is 23.8 Å². The van der Waals surface area contributed by atoms with Gasteiger partial charge in [-0.3, -0.25) is 4.79 Å². The molecular formula is C19H24N6O2. The number of fused-ring (bicyclic) bond motifs is 1. The van der Waals surface area contributed by atoms with Crippen LogP contribution in [0.25, 0.3) is 11.4 Å². The molecule has 3 heterocycles. The lowest BCUT2D eigenvalue weighted by Gasteiger charge is -2.33. The predicted octanol–water partition coefficient (Wildman–Crippen LogP) is 1.55. The van der Waals surface area contributed by atoms with Crippen molar-refractivity contribution in [3.63, 3.8) is 0 Å². The molecule has 2 saturated heterocycles. The lowest BCUT2D eigenvalue weighted by Crippen LogP contribution is -2.45. The quantitative estimate of drug-likeness (QED) is 0.756. The Morgan fingerprint density at radius 2 is 1.96 bits per heavy atom. The molecule has 1 amide bonds. The summed E-state index contributed by atoms with van der Waals surface area (Å²) in [7, 11) is 0. The van der Waals surface area contributed by atoms with Gasteiger partial charge < -0.3 is 9.42 Å². The number of carbonyl (C=O) groups excluding carboxylic acids is 1. The van der Waals surface area contributed by atoms with Crippen molar-refractivity contribution in [2.45, 2.75) is 50.2 Å². The van der Waals surface area contributed by atoms with Crippen molar-refractivity contribution in [1.82, 2.24) is 31.4 Å². The molecule has 142 valence electrons. The number of benzene rings is 1. The van der Waals surface area contributed by atoms with Gasteiger partial charge in [0, 0.05) is 30.1 Å². The molecule has 2 aromatic rings. The maximum Gasteiger partial charge on any atom is 0.249 e. The molecule has 0 bridgehead atoms. The normalized spacial score (nSPS) is 30.4.